The Bertz CT molecular complexity index is 596. The van der Waals surface area contributed by atoms with Crippen LogP contribution in [0.1, 0.15) is 47.1 Å². The molecular formula is C18H29BN2O3. The Morgan fingerprint density at radius 1 is 1.12 bits per heavy atom. The number of amides is 2. The van der Waals surface area contributed by atoms with Gasteiger partial charge in [0.15, 0.2) is 0 Å². The van der Waals surface area contributed by atoms with E-state index in [0.29, 0.717) is 13.1 Å². The van der Waals surface area contributed by atoms with Crippen molar-refractivity contribution in [1.82, 2.24) is 4.90 Å². The summed E-state index contributed by atoms with van der Waals surface area (Å²) in [6.07, 6.45) is 0. The molecule has 0 unspecified atom stereocenters. The number of hydrogen-bond acceptors (Lipinski definition) is 3. The van der Waals surface area contributed by atoms with Crippen molar-refractivity contribution in [2.75, 3.05) is 18.4 Å². The van der Waals surface area contributed by atoms with Crippen LogP contribution in [0.4, 0.5) is 10.5 Å². The first-order valence-corrected chi connectivity index (χ1v) is 8.63. The Hall–Kier alpha value is -1.53. The molecule has 0 bridgehead atoms. The maximum atomic E-state index is 12.2. The summed E-state index contributed by atoms with van der Waals surface area (Å²) in [5.41, 5.74) is 2.05. The highest BCUT2D eigenvalue weighted by Gasteiger charge is 2.51. The highest BCUT2D eigenvalue weighted by molar-refractivity contribution is 6.62. The largest absolute Gasteiger partial charge is 0.494 e. The van der Waals surface area contributed by atoms with E-state index in [1.165, 1.54) is 0 Å². The molecule has 0 radical (unpaired) electrons. The van der Waals surface area contributed by atoms with Crippen LogP contribution < -0.4 is 10.8 Å². The minimum absolute atomic E-state index is 0.0773. The van der Waals surface area contributed by atoms with Gasteiger partial charge in [0.25, 0.3) is 0 Å². The zero-order valence-electron chi connectivity index (χ0n) is 15.9. The lowest BCUT2D eigenvalue weighted by atomic mass is 9.78. The zero-order chi connectivity index (χ0) is 18.1. The number of benzene rings is 1. The highest BCUT2D eigenvalue weighted by Crippen LogP contribution is 2.36. The first-order chi connectivity index (χ1) is 11.1. The molecular weight excluding hydrogens is 303 g/mol. The van der Waals surface area contributed by atoms with E-state index in [-0.39, 0.29) is 24.4 Å². The number of nitrogens with one attached hydrogen (secondary N) is 1. The van der Waals surface area contributed by atoms with Crippen molar-refractivity contribution in [1.29, 1.82) is 0 Å². The van der Waals surface area contributed by atoms with E-state index < -0.39 is 0 Å². The van der Waals surface area contributed by atoms with E-state index in [1.807, 2.05) is 66.7 Å². The zero-order valence-corrected chi connectivity index (χ0v) is 15.9. The number of urea groups is 1. The van der Waals surface area contributed by atoms with Crippen molar-refractivity contribution in [2.24, 2.45) is 0 Å². The van der Waals surface area contributed by atoms with Crippen LogP contribution in [0.25, 0.3) is 0 Å². The van der Waals surface area contributed by atoms with Crippen LogP contribution >= 0.6 is 0 Å². The van der Waals surface area contributed by atoms with Crippen LogP contribution in [0, 0.1) is 6.92 Å². The summed E-state index contributed by atoms with van der Waals surface area (Å²) in [6, 6.07) is 5.80. The van der Waals surface area contributed by atoms with Gasteiger partial charge in [-0.3, -0.25) is 0 Å². The summed E-state index contributed by atoms with van der Waals surface area (Å²) >= 11 is 0. The molecule has 2 amide bonds. The van der Waals surface area contributed by atoms with Crippen molar-refractivity contribution in [3.8, 4) is 0 Å². The van der Waals surface area contributed by atoms with Crippen LogP contribution in [0.5, 0.6) is 0 Å². The normalized spacial score (nSPS) is 18.5. The van der Waals surface area contributed by atoms with E-state index in [9.17, 15) is 4.79 Å². The monoisotopic (exact) mass is 332 g/mol. The standard InChI is InChI=1S/C18H29BN2O3/c1-8-21(9-2)16(22)20-15-11-10-14(12-13(15)3)19-23-17(4,5)18(6,7)24-19/h10-12H,8-9H2,1-7H3,(H,20,22). The van der Waals surface area contributed by atoms with Crippen LogP contribution in [0.15, 0.2) is 18.2 Å². The van der Waals surface area contributed by atoms with Crippen LogP contribution in [0.3, 0.4) is 0 Å². The minimum atomic E-state index is -0.388. The van der Waals surface area contributed by atoms with E-state index in [1.54, 1.807) is 4.90 Å². The summed E-state index contributed by atoms with van der Waals surface area (Å²) in [5, 5.41) is 2.97. The van der Waals surface area contributed by atoms with Gasteiger partial charge in [0.2, 0.25) is 0 Å². The minimum Gasteiger partial charge on any atom is -0.399 e. The number of aryl methyl sites for hydroxylation is 1. The lowest BCUT2D eigenvalue weighted by Gasteiger charge is -2.32. The van der Waals surface area contributed by atoms with Gasteiger partial charge in [-0.05, 0) is 65.6 Å². The summed E-state index contributed by atoms with van der Waals surface area (Å²) in [5.74, 6) is 0. The molecule has 1 saturated heterocycles. The van der Waals surface area contributed by atoms with E-state index in [4.69, 9.17) is 9.31 Å². The lowest BCUT2D eigenvalue weighted by Crippen LogP contribution is -2.41. The van der Waals surface area contributed by atoms with E-state index in [2.05, 4.69) is 5.32 Å². The molecule has 1 N–H and O–H groups in total. The van der Waals surface area contributed by atoms with E-state index >= 15 is 0 Å². The highest BCUT2D eigenvalue weighted by atomic mass is 16.7. The molecule has 2 rings (SSSR count). The average molecular weight is 332 g/mol. The first-order valence-electron chi connectivity index (χ1n) is 8.63. The van der Waals surface area contributed by atoms with Gasteiger partial charge in [-0.1, -0.05) is 12.1 Å². The lowest BCUT2D eigenvalue weighted by molar-refractivity contribution is 0.00578. The molecule has 0 saturated carbocycles. The van der Waals surface area contributed by atoms with Gasteiger partial charge in [-0.2, -0.15) is 0 Å². The Labute approximate surface area is 145 Å². The van der Waals surface area contributed by atoms with Crippen molar-refractivity contribution in [2.45, 2.75) is 59.7 Å². The molecule has 5 nitrogen and oxygen atoms in total. The Kier molecular flexibility index (Phi) is 5.30. The maximum absolute atomic E-state index is 12.2. The molecule has 0 spiro atoms. The van der Waals surface area contributed by atoms with Crippen molar-refractivity contribution < 1.29 is 14.1 Å². The van der Waals surface area contributed by atoms with Gasteiger partial charge in [-0.25, -0.2) is 4.79 Å². The average Bonchev–Trinajstić information content (AvgIpc) is 2.71. The molecule has 0 atom stereocenters. The Balaban J connectivity index is 2.15. The van der Waals surface area contributed by atoms with Crippen LogP contribution in [0.2, 0.25) is 0 Å². The Morgan fingerprint density at radius 3 is 2.12 bits per heavy atom. The third-order valence-corrected chi connectivity index (χ3v) is 5.07. The predicted octanol–water partition coefficient (Wildman–Crippen LogP) is 3.17. The summed E-state index contributed by atoms with van der Waals surface area (Å²) in [4.78, 5) is 14.0. The fraction of sp³-hybridized carbons (Fsp3) is 0.611. The van der Waals surface area contributed by atoms with Gasteiger partial charge >= 0.3 is 13.1 Å². The number of anilines is 1. The summed E-state index contributed by atoms with van der Waals surface area (Å²) < 4.78 is 12.2. The van der Waals surface area contributed by atoms with Crippen molar-refractivity contribution in [3.05, 3.63) is 23.8 Å². The molecule has 132 valence electrons. The third-order valence-electron chi connectivity index (χ3n) is 5.07. The molecule has 1 heterocycles. The van der Waals surface area contributed by atoms with E-state index in [0.717, 1.165) is 16.7 Å². The maximum Gasteiger partial charge on any atom is 0.494 e. The van der Waals surface area contributed by atoms with Gasteiger partial charge in [0.05, 0.1) is 11.2 Å². The molecule has 0 aliphatic carbocycles. The summed E-state index contributed by atoms with van der Waals surface area (Å²) in [7, 11) is -0.388. The molecule has 1 aliphatic rings. The third kappa shape index (κ3) is 3.60. The van der Waals surface area contributed by atoms with Crippen LogP contribution in [-0.4, -0.2) is 42.3 Å². The molecule has 1 fully saturated rings. The molecule has 1 aromatic rings. The second-order valence-corrected chi connectivity index (χ2v) is 7.27. The SMILES string of the molecule is CCN(CC)C(=O)Nc1ccc(B2OC(C)(C)C(C)(C)O2)cc1C. The molecule has 0 aromatic heterocycles. The van der Waals surface area contributed by atoms with Gasteiger partial charge in [0, 0.05) is 18.8 Å². The number of rotatable bonds is 4. The number of carbonyl (C=O) groups is 1. The topological polar surface area (TPSA) is 50.8 Å². The first kappa shape index (κ1) is 18.8. The van der Waals surface area contributed by atoms with Crippen molar-refractivity contribution >= 4 is 24.3 Å². The molecule has 1 aliphatic heterocycles. The fourth-order valence-corrected chi connectivity index (χ4v) is 2.66. The molecule has 1 aromatic carbocycles. The molecule has 6 heteroatoms. The second kappa shape index (κ2) is 6.77. The number of nitrogens with zero attached hydrogens (tertiary/aromatic N) is 1. The van der Waals surface area contributed by atoms with Crippen molar-refractivity contribution in [3.63, 3.8) is 0 Å². The fourth-order valence-electron chi connectivity index (χ4n) is 2.66. The molecule has 24 heavy (non-hydrogen) atoms. The van der Waals surface area contributed by atoms with Gasteiger partial charge in [0.1, 0.15) is 0 Å². The Morgan fingerprint density at radius 2 is 1.67 bits per heavy atom. The number of hydrogen-bond donors (Lipinski definition) is 1. The predicted molar refractivity (Wildman–Crippen MR) is 98.8 cm³/mol. The summed E-state index contributed by atoms with van der Waals surface area (Å²) in [6.45, 7) is 15.5. The quantitative estimate of drug-likeness (QED) is 0.862. The van der Waals surface area contributed by atoms with Gasteiger partial charge < -0.3 is 19.5 Å². The van der Waals surface area contributed by atoms with Gasteiger partial charge in [-0.15, -0.1) is 0 Å². The van der Waals surface area contributed by atoms with Crippen LogP contribution in [-0.2, 0) is 9.31 Å². The smallest absolute Gasteiger partial charge is 0.399 e. The number of carbonyl (C=O) groups excluding carboxylic acids is 1. The second-order valence-electron chi connectivity index (χ2n) is 7.27.